The quantitative estimate of drug-likeness (QED) is 0.639. The van der Waals surface area contributed by atoms with Crippen LogP contribution >= 0.6 is 0 Å². The van der Waals surface area contributed by atoms with E-state index in [1.54, 1.807) is 0 Å². The van der Waals surface area contributed by atoms with Gasteiger partial charge in [-0.15, -0.1) is 0 Å². The summed E-state index contributed by atoms with van der Waals surface area (Å²) in [4.78, 5) is 2.54. The summed E-state index contributed by atoms with van der Waals surface area (Å²) in [6.07, 6.45) is 2.54. The predicted molar refractivity (Wildman–Crippen MR) is 63.7 cm³/mol. The lowest BCUT2D eigenvalue weighted by Crippen LogP contribution is -2.42. The molecule has 0 aromatic carbocycles. The molecule has 2 N–H and O–H groups in total. The van der Waals surface area contributed by atoms with Crippen LogP contribution in [0.25, 0.3) is 0 Å². The zero-order valence-electron chi connectivity index (χ0n) is 9.77. The van der Waals surface area contributed by atoms with Gasteiger partial charge in [0.2, 0.25) is 0 Å². The van der Waals surface area contributed by atoms with E-state index in [0.717, 1.165) is 6.54 Å². The molecule has 2 nitrogen and oxygen atoms in total. The van der Waals surface area contributed by atoms with Crippen LogP contribution in [0.1, 0.15) is 20.3 Å². The molecule has 13 heavy (non-hydrogen) atoms. The molecule has 0 aromatic rings. The van der Waals surface area contributed by atoms with Crippen LogP contribution in [0.5, 0.6) is 0 Å². The number of nitrogens with two attached hydrogens (primary N) is 1. The smallest absolute Gasteiger partial charge is 0.0630 e. The van der Waals surface area contributed by atoms with Crippen LogP contribution in [0.2, 0.25) is 19.1 Å². The van der Waals surface area contributed by atoms with E-state index in [1.165, 1.54) is 31.7 Å². The Morgan fingerprint density at radius 2 is 1.69 bits per heavy atom. The van der Waals surface area contributed by atoms with E-state index in [4.69, 9.17) is 5.73 Å². The number of nitrogens with zero attached hydrogens (tertiary/aromatic N) is 1. The summed E-state index contributed by atoms with van der Waals surface area (Å²) in [7, 11) is -0.983. The minimum Gasteiger partial charge on any atom is -0.330 e. The summed E-state index contributed by atoms with van der Waals surface area (Å²) >= 11 is 0. The van der Waals surface area contributed by atoms with Crippen LogP contribution in [0.15, 0.2) is 0 Å². The molecule has 0 bridgehead atoms. The average molecular weight is 202 g/mol. The Kier molecular flexibility index (Phi) is 6.64. The summed E-state index contributed by atoms with van der Waals surface area (Å²) in [5.41, 5.74) is 5.54. The highest BCUT2D eigenvalue weighted by Gasteiger charge is 2.21. The van der Waals surface area contributed by atoms with Crippen LogP contribution in [0.4, 0.5) is 0 Å². The molecule has 0 aliphatic rings. The first-order valence-corrected chi connectivity index (χ1v) is 8.89. The maximum Gasteiger partial charge on any atom is 0.0630 e. The molecule has 0 saturated heterocycles. The van der Waals surface area contributed by atoms with Gasteiger partial charge in [-0.1, -0.05) is 33.0 Å². The Morgan fingerprint density at radius 1 is 1.15 bits per heavy atom. The lowest BCUT2D eigenvalue weighted by Gasteiger charge is -2.29. The summed E-state index contributed by atoms with van der Waals surface area (Å²) in [5, 5.41) is 0. The first-order valence-electron chi connectivity index (χ1n) is 5.48. The molecule has 0 rings (SSSR count). The maximum absolute atomic E-state index is 5.54. The van der Waals surface area contributed by atoms with Gasteiger partial charge in [0.1, 0.15) is 0 Å². The lowest BCUT2D eigenvalue weighted by molar-refractivity contribution is 0.347. The highest BCUT2D eigenvalue weighted by Crippen LogP contribution is 2.13. The second kappa shape index (κ2) is 6.57. The van der Waals surface area contributed by atoms with Crippen LogP contribution < -0.4 is 5.73 Å². The molecule has 0 atom stereocenters. The minimum absolute atomic E-state index is 0.856. The highest BCUT2D eigenvalue weighted by atomic mass is 28.3. The lowest BCUT2D eigenvalue weighted by atomic mass is 10.5. The molecular weight excluding hydrogens is 176 g/mol. The molecule has 0 spiro atoms. The molecule has 0 aliphatic heterocycles. The van der Waals surface area contributed by atoms with Gasteiger partial charge in [0.05, 0.1) is 8.07 Å². The highest BCUT2D eigenvalue weighted by molar-refractivity contribution is 6.77. The number of rotatable bonds is 7. The Bertz CT molecular complexity index is 122. The summed E-state index contributed by atoms with van der Waals surface area (Å²) in [6, 6.07) is 1.38. The number of hydrogen-bond donors (Lipinski definition) is 1. The second-order valence-electron chi connectivity index (χ2n) is 4.52. The van der Waals surface area contributed by atoms with Crippen molar-refractivity contribution in [3.63, 3.8) is 0 Å². The van der Waals surface area contributed by atoms with Crippen molar-refractivity contribution < 1.29 is 0 Å². The first kappa shape index (κ1) is 13.1. The third-order valence-corrected chi connectivity index (χ3v) is 5.61. The third-order valence-electron chi connectivity index (χ3n) is 2.60. The third kappa shape index (κ3) is 6.24. The van der Waals surface area contributed by atoms with Crippen LogP contribution in [0.3, 0.4) is 0 Å². The molecule has 0 fully saturated rings. The summed E-state index contributed by atoms with van der Waals surface area (Å²) < 4.78 is 0. The fraction of sp³-hybridized carbons (Fsp3) is 1.00. The second-order valence-corrected chi connectivity index (χ2v) is 9.66. The fourth-order valence-electron chi connectivity index (χ4n) is 1.71. The van der Waals surface area contributed by atoms with Gasteiger partial charge in [0.15, 0.2) is 0 Å². The SMILES string of the molecule is CCN(CC)C[Si](C)(C)CCCN. The minimum atomic E-state index is -0.983. The van der Waals surface area contributed by atoms with Gasteiger partial charge in [-0.05, 0) is 32.2 Å². The van der Waals surface area contributed by atoms with Crippen LogP contribution in [-0.2, 0) is 0 Å². The standard InChI is InChI=1S/C10H26N2Si/c1-5-12(6-2)10-13(3,4)9-7-8-11/h5-11H2,1-4H3. The van der Waals surface area contributed by atoms with Gasteiger partial charge in [-0.3, -0.25) is 0 Å². The molecule has 80 valence electrons. The van der Waals surface area contributed by atoms with Crippen molar-refractivity contribution in [1.82, 2.24) is 4.90 Å². The van der Waals surface area contributed by atoms with Crippen molar-refractivity contribution in [2.24, 2.45) is 5.73 Å². The molecule has 0 radical (unpaired) electrons. The Morgan fingerprint density at radius 3 is 2.08 bits per heavy atom. The van der Waals surface area contributed by atoms with E-state index >= 15 is 0 Å². The van der Waals surface area contributed by atoms with Gasteiger partial charge < -0.3 is 10.6 Å². The Labute approximate surface area is 84.5 Å². The van der Waals surface area contributed by atoms with E-state index in [2.05, 4.69) is 31.8 Å². The summed E-state index contributed by atoms with van der Waals surface area (Å²) in [5.74, 6) is 0. The molecular formula is C10H26N2Si. The van der Waals surface area contributed by atoms with Gasteiger partial charge in [-0.2, -0.15) is 0 Å². The zero-order valence-corrected chi connectivity index (χ0v) is 10.8. The molecule has 0 amide bonds. The fourth-order valence-corrected chi connectivity index (χ4v) is 4.69. The van der Waals surface area contributed by atoms with Crippen LogP contribution in [0, 0.1) is 0 Å². The predicted octanol–water partition coefficient (Wildman–Crippen LogP) is 1.92. The topological polar surface area (TPSA) is 29.3 Å². The van der Waals surface area contributed by atoms with E-state index < -0.39 is 8.07 Å². The van der Waals surface area contributed by atoms with Crippen molar-refractivity contribution in [1.29, 1.82) is 0 Å². The van der Waals surface area contributed by atoms with Crippen molar-refractivity contribution in [3.05, 3.63) is 0 Å². The molecule has 0 aromatic heterocycles. The maximum atomic E-state index is 5.54. The Balaban J connectivity index is 3.83. The van der Waals surface area contributed by atoms with E-state index in [9.17, 15) is 0 Å². The average Bonchev–Trinajstić information content (AvgIpc) is 2.11. The van der Waals surface area contributed by atoms with E-state index in [0.29, 0.717) is 0 Å². The van der Waals surface area contributed by atoms with Gasteiger partial charge in [0, 0.05) is 0 Å². The molecule has 0 unspecified atom stereocenters. The van der Waals surface area contributed by atoms with E-state index in [1.807, 2.05) is 0 Å². The first-order chi connectivity index (χ1) is 6.05. The van der Waals surface area contributed by atoms with Crippen LogP contribution in [-0.4, -0.2) is 38.8 Å². The monoisotopic (exact) mass is 202 g/mol. The van der Waals surface area contributed by atoms with Gasteiger partial charge >= 0.3 is 0 Å². The van der Waals surface area contributed by atoms with Crippen molar-refractivity contribution in [2.45, 2.75) is 39.4 Å². The van der Waals surface area contributed by atoms with Crippen molar-refractivity contribution in [2.75, 3.05) is 25.8 Å². The number of hydrogen-bond acceptors (Lipinski definition) is 2. The largest absolute Gasteiger partial charge is 0.330 e. The normalized spacial score (nSPS) is 12.5. The van der Waals surface area contributed by atoms with E-state index in [-0.39, 0.29) is 0 Å². The zero-order chi connectivity index (χ0) is 10.3. The summed E-state index contributed by atoms with van der Waals surface area (Å²) in [6.45, 7) is 12.7. The van der Waals surface area contributed by atoms with Crippen molar-refractivity contribution >= 4 is 8.07 Å². The molecule has 0 saturated carbocycles. The van der Waals surface area contributed by atoms with Crippen molar-refractivity contribution in [3.8, 4) is 0 Å². The molecule has 0 aliphatic carbocycles. The van der Waals surface area contributed by atoms with Gasteiger partial charge in [-0.25, -0.2) is 0 Å². The molecule has 0 heterocycles. The van der Waals surface area contributed by atoms with Gasteiger partial charge in [0.25, 0.3) is 0 Å². The molecule has 3 heteroatoms. The Hall–Kier alpha value is 0.137.